The van der Waals surface area contributed by atoms with Crippen molar-refractivity contribution in [2.45, 2.75) is 13.0 Å². The molecule has 2 aliphatic rings. The lowest BCUT2D eigenvalue weighted by Crippen LogP contribution is -2.33. The minimum atomic E-state index is -1.11. The molecule has 2 aliphatic heterocycles. The van der Waals surface area contributed by atoms with Gasteiger partial charge in [-0.25, -0.2) is 4.90 Å². The zero-order valence-electron chi connectivity index (χ0n) is 14.0. The highest BCUT2D eigenvalue weighted by molar-refractivity contribution is 6.38. The second kappa shape index (κ2) is 6.17. The molecule has 0 radical (unpaired) electrons. The van der Waals surface area contributed by atoms with Gasteiger partial charge in [0.2, 0.25) is 12.0 Å². The number of carbonyl (C=O) groups is 2. The summed E-state index contributed by atoms with van der Waals surface area (Å²) in [4.78, 5) is 42.6. The number of imide groups is 1. The highest BCUT2D eigenvalue weighted by atomic mass is 35.5. The number of nitrogens with zero attached hydrogens (tertiary/aromatic N) is 3. The van der Waals surface area contributed by atoms with Gasteiger partial charge in [-0.1, -0.05) is 41.0 Å². The molecule has 2 aromatic rings. The van der Waals surface area contributed by atoms with Gasteiger partial charge in [-0.2, -0.15) is 0 Å². The highest BCUT2D eigenvalue weighted by Crippen LogP contribution is 2.38. The quantitative estimate of drug-likeness (QED) is 0.459. The maximum atomic E-state index is 13.1. The number of hydrogen-bond donors (Lipinski definition) is 0. The van der Waals surface area contributed by atoms with Crippen molar-refractivity contribution in [2.75, 3.05) is 4.90 Å². The van der Waals surface area contributed by atoms with Gasteiger partial charge in [0.15, 0.2) is 0 Å². The van der Waals surface area contributed by atoms with Crippen LogP contribution in [0.5, 0.6) is 0 Å². The number of rotatable bonds is 3. The zero-order chi connectivity index (χ0) is 19.3. The van der Waals surface area contributed by atoms with Crippen LogP contribution in [0.4, 0.5) is 11.4 Å². The standard InChI is InChI=1S/C18H12ClN3O5/c1-9-12(7-4-8-13(9)22(25)26)21-17(23)14-15(20-27-16(14)18(21)24)10-5-2-3-6-11(10)19/h2-8,14,16H,1H3/t14-,16-/m1/s1. The first-order chi connectivity index (χ1) is 12.9. The first-order valence-corrected chi connectivity index (χ1v) is 8.40. The van der Waals surface area contributed by atoms with E-state index in [0.717, 1.165) is 4.90 Å². The van der Waals surface area contributed by atoms with Gasteiger partial charge in [0, 0.05) is 16.7 Å². The Morgan fingerprint density at radius 1 is 1.15 bits per heavy atom. The van der Waals surface area contributed by atoms with Gasteiger partial charge in [0.25, 0.3) is 11.6 Å². The van der Waals surface area contributed by atoms with Crippen LogP contribution in [0.15, 0.2) is 47.6 Å². The Labute approximate surface area is 158 Å². The molecule has 0 unspecified atom stereocenters. The molecule has 9 heteroatoms. The van der Waals surface area contributed by atoms with E-state index in [4.69, 9.17) is 16.4 Å². The summed E-state index contributed by atoms with van der Waals surface area (Å²) in [6.07, 6.45) is -1.11. The monoisotopic (exact) mass is 385 g/mol. The normalized spacial score (nSPS) is 21.1. The van der Waals surface area contributed by atoms with E-state index in [0.29, 0.717) is 10.6 Å². The van der Waals surface area contributed by atoms with Crippen molar-refractivity contribution in [1.82, 2.24) is 0 Å². The number of nitro benzene ring substituents is 1. The van der Waals surface area contributed by atoms with E-state index in [2.05, 4.69) is 5.16 Å². The molecular weight excluding hydrogens is 374 g/mol. The number of carbonyl (C=O) groups excluding carboxylic acids is 2. The predicted molar refractivity (Wildman–Crippen MR) is 96.7 cm³/mol. The molecule has 136 valence electrons. The van der Waals surface area contributed by atoms with E-state index < -0.39 is 28.8 Å². The lowest BCUT2D eigenvalue weighted by molar-refractivity contribution is -0.385. The van der Waals surface area contributed by atoms with Gasteiger partial charge in [-0.05, 0) is 19.1 Å². The molecule has 2 heterocycles. The summed E-state index contributed by atoms with van der Waals surface area (Å²) in [5.74, 6) is -2.11. The number of benzene rings is 2. The Hall–Kier alpha value is -3.26. The first kappa shape index (κ1) is 17.2. The molecule has 2 amide bonds. The first-order valence-electron chi connectivity index (χ1n) is 8.02. The van der Waals surface area contributed by atoms with E-state index in [1.807, 2.05) is 0 Å². The van der Waals surface area contributed by atoms with E-state index in [1.165, 1.54) is 25.1 Å². The third-order valence-electron chi connectivity index (χ3n) is 4.68. The molecule has 2 atom stereocenters. The molecule has 0 spiro atoms. The minimum absolute atomic E-state index is 0.163. The third-order valence-corrected chi connectivity index (χ3v) is 5.01. The fourth-order valence-corrected chi connectivity index (χ4v) is 3.59. The second-order valence-corrected chi connectivity index (χ2v) is 6.56. The van der Waals surface area contributed by atoms with Crippen molar-refractivity contribution in [2.24, 2.45) is 11.1 Å². The van der Waals surface area contributed by atoms with E-state index in [9.17, 15) is 19.7 Å². The Balaban J connectivity index is 1.77. The average Bonchev–Trinajstić information content (AvgIpc) is 3.17. The summed E-state index contributed by atoms with van der Waals surface area (Å²) in [7, 11) is 0. The summed E-state index contributed by atoms with van der Waals surface area (Å²) in [6, 6.07) is 11.0. The molecule has 27 heavy (non-hydrogen) atoms. The minimum Gasteiger partial charge on any atom is -0.381 e. The molecule has 1 saturated heterocycles. The fraction of sp³-hybridized carbons (Fsp3) is 0.167. The van der Waals surface area contributed by atoms with Gasteiger partial charge < -0.3 is 4.84 Å². The number of anilines is 1. The number of hydrogen-bond acceptors (Lipinski definition) is 6. The Morgan fingerprint density at radius 2 is 1.89 bits per heavy atom. The van der Waals surface area contributed by atoms with E-state index >= 15 is 0 Å². The molecular formula is C18H12ClN3O5. The van der Waals surface area contributed by atoms with Crippen LogP contribution in [-0.4, -0.2) is 28.6 Å². The molecule has 0 aromatic heterocycles. The van der Waals surface area contributed by atoms with Crippen molar-refractivity contribution in [1.29, 1.82) is 0 Å². The van der Waals surface area contributed by atoms with Crippen LogP contribution in [0.25, 0.3) is 0 Å². The highest BCUT2D eigenvalue weighted by Gasteiger charge is 2.56. The van der Waals surface area contributed by atoms with Crippen molar-refractivity contribution in [3.8, 4) is 0 Å². The molecule has 0 bridgehead atoms. The van der Waals surface area contributed by atoms with Gasteiger partial charge >= 0.3 is 0 Å². The zero-order valence-corrected chi connectivity index (χ0v) is 14.7. The van der Waals surface area contributed by atoms with Gasteiger partial charge in [0.1, 0.15) is 11.6 Å². The van der Waals surface area contributed by atoms with Crippen LogP contribution in [0, 0.1) is 23.0 Å². The lowest BCUT2D eigenvalue weighted by atomic mass is 9.94. The predicted octanol–water partition coefficient (Wildman–Crippen LogP) is 2.85. The summed E-state index contributed by atoms with van der Waals surface area (Å²) >= 11 is 6.19. The summed E-state index contributed by atoms with van der Waals surface area (Å²) in [5, 5.41) is 15.5. The number of amides is 2. The largest absolute Gasteiger partial charge is 0.381 e. The van der Waals surface area contributed by atoms with Crippen LogP contribution in [0.1, 0.15) is 11.1 Å². The molecule has 0 aliphatic carbocycles. The Morgan fingerprint density at radius 3 is 2.59 bits per heavy atom. The molecule has 2 aromatic carbocycles. The van der Waals surface area contributed by atoms with Crippen molar-refractivity contribution in [3.05, 3.63) is 68.7 Å². The van der Waals surface area contributed by atoms with Crippen LogP contribution in [0.2, 0.25) is 5.02 Å². The van der Waals surface area contributed by atoms with Crippen molar-refractivity contribution >= 4 is 40.5 Å². The maximum absolute atomic E-state index is 13.1. The molecule has 1 fully saturated rings. The van der Waals surface area contributed by atoms with Crippen LogP contribution in [-0.2, 0) is 14.4 Å². The summed E-state index contributed by atoms with van der Waals surface area (Å²) in [5.41, 5.74) is 0.988. The van der Waals surface area contributed by atoms with Gasteiger partial charge in [0.05, 0.1) is 16.2 Å². The van der Waals surface area contributed by atoms with Crippen LogP contribution >= 0.6 is 11.6 Å². The topological polar surface area (TPSA) is 102 Å². The number of fused-ring (bicyclic) bond motifs is 1. The summed E-state index contributed by atoms with van der Waals surface area (Å²) in [6.45, 7) is 1.49. The van der Waals surface area contributed by atoms with E-state index in [-0.39, 0.29) is 22.6 Å². The maximum Gasteiger partial charge on any atom is 0.278 e. The molecule has 8 nitrogen and oxygen atoms in total. The number of nitro groups is 1. The number of halogens is 1. The van der Waals surface area contributed by atoms with Gasteiger partial charge in [-0.3, -0.25) is 19.7 Å². The second-order valence-electron chi connectivity index (χ2n) is 6.15. The third kappa shape index (κ3) is 2.48. The molecule has 0 saturated carbocycles. The average molecular weight is 386 g/mol. The Kier molecular flexibility index (Phi) is 3.92. The van der Waals surface area contributed by atoms with Gasteiger partial charge in [-0.15, -0.1) is 0 Å². The van der Waals surface area contributed by atoms with Crippen LogP contribution in [0.3, 0.4) is 0 Å². The smallest absolute Gasteiger partial charge is 0.278 e. The van der Waals surface area contributed by atoms with Crippen molar-refractivity contribution < 1.29 is 19.3 Å². The summed E-state index contributed by atoms with van der Waals surface area (Å²) < 4.78 is 0. The van der Waals surface area contributed by atoms with E-state index in [1.54, 1.807) is 24.3 Å². The number of oxime groups is 1. The molecule has 0 N–H and O–H groups in total. The fourth-order valence-electron chi connectivity index (χ4n) is 3.36. The van der Waals surface area contributed by atoms with Crippen molar-refractivity contribution in [3.63, 3.8) is 0 Å². The Bertz CT molecular complexity index is 1040. The lowest BCUT2D eigenvalue weighted by Gasteiger charge is -2.17. The molecule has 4 rings (SSSR count). The SMILES string of the molecule is Cc1c(N2C(=O)[C@@H]3C(c4ccccc4Cl)=NO[C@H]3C2=O)cccc1[N+](=O)[O-]. The van der Waals surface area contributed by atoms with Crippen LogP contribution < -0.4 is 4.90 Å².